The summed E-state index contributed by atoms with van der Waals surface area (Å²) in [5.41, 5.74) is 1.17. The number of ether oxygens (including phenoxy) is 2. The Hall–Kier alpha value is -1.47. The quantitative estimate of drug-likeness (QED) is 0.161. The fourth-order valence-corrected chi connectivity index (χ4v) is 4.62. The van der Waals surface area contributed by atoms with Crippen molar-refractivity contribution in [3.05, 3.63) is 48.0 Å². The van der Waals surface area contributed by atoms with Gasteiger partial charge in [0.15, 0.2) is 8.32 Å². The number of carbonyl (C=O) groups is 1. The van der Waals surface area contributed by atoms with Crippen LogP contribution in [0.2, 0.25) is 18.1 Å². The van der Waals surface area contributed by atoms with Crippen LogP contribution < -0.4 is 0 Å². The van der Waals surface area contributed by atoms with Crippen LogP contribution in [-0.4, -0.2) is 44.8 Å². The first-order valence-electron chi connectivity index (χ1n) is 11.8. The maximum atomic E-state index is 11.5. The standard InChI is InChI=1S/C26H44O5Si/c1-8-30-25(28)17-16-23(27)19-21(2)24(31-32(6,7)26(3,4)5)15-12-18-29-20-22-13-10-9-11-14-22/h9-11,13-14,16-17,21,23-24,27H,8,12,15,18-20H2,1-7H3/b17-16+/t21-,23+,24-/m0/s1. The van der Waals surface area contributed by atoms with Gasteiger partial charge in [-0.25, -0.2) is 4.79 Å². The Morgan fingerprint density at radius 1 is 1.19 bits per heavy atom. The molecule has 0 aliphatic rings. The average Bonchev–Trinajstić information content (AvgIpc) is 2.71. The molecule has 0 aliphatic carbocycles. The third-order valence-electron chi connectivity index (χ3n) is 6.13. The van der Waals surface area contributed by atoms with Crippen LogP contribution in [0.3, 0.4) is 0 Å². The van der Waals surface area contributed by atoms with Crippen molar-refractivity contribution in [1.82, 2.24) is 0 Å². The monoisotopic (exact) mass is 464 g/mol. The molecule has 1 rings (SSSR count). The van der Waals surface area contributed by atoms with Crippen LogP contribution in [0.1, 0.15) is 59.4 Å². The van der Waals surface area contributed by atoms with E-state index < -0.39 is 20.4 Å². The van der Waals surface area contributed by atoms with Gasteiger partial charge in [-0.3, -0.25) is 0 Å². The van der Waals surface area contributed by atoms with Crippen molar-refractivity contribution >= 4 is 14.3 Å². The molecule has 0 spiro atoms. The van der Waals surface area contributed by atoms with Crippen LogP contribution in [0.15, 0.2) is 42.5 Å². The first kappa shape index (κ1) is 28.6. The molecule has 1 aromatic carbocycles. The van der Waals surface area contributed by atoms with Gasteiger partial charge in [0, 0.05) is 18.8 Å². The molecule has 5 nitrogen and oxygen atoms in total. The van der Waals surface area contributed by atoms with Crippen molar-refractivity contribution in [2.75, 3.05) is 13.2 Å². The highest BCUT2D eigenvalue weighted by atomic mass is 28.4. The van der Waals surface area contributed by atoms with Gasteiger partial charge in [0.25, 0.3) is 0 Å². The molecule has 6 heteroatoms. The Kier molecular flexibility index (Phi) is 12.4. The Balaban J connectivity index is 2.67. The number of esters is 1. The van der Waals surface area contributed by atoms with Crippen molar-refractivity contribution in [3.8, 4) is 0 Å². The zero-order valence-corrected chi connectivity index (χ0v) is 22.1. The van der Waals surface area contributed by atoms with Crippen molar-refractivity contribution in [1.29, 1.82) is 0 Å². The van der Waals surface area contributed by atoms with E-state index in [1.165, 1.54) is 17.7 Å². The average molecular weight is 465 g/mol. The van der Waals surface area contributed by atoms with Crippen molar-refractivity contribution in [2.24, 2.45) is 5.92 Å². The molecule has 0 radical (unpaired) electrons. The summed E-state index contributed by atoms with van der Waals surface area (Å²) < 4.78 is 17.5. The van der Waals surface area contributed by atoms with Gasteiger partial charge in [0.1, 0.15) is 0 Å². The van der Waals surface area contributed by atoms with E-state index in [0.717, 1.165) is 12.8 Å². The highest BCUT2D eigenvalue weighted by Gasteiger charge is 2.40. The second kappa shape index (κ2) is 13.9. The molecule has 0 amide bonds. The van der Waals surface area contributed by atoms with Gasteiger partial charge < -0.3 is 19.0 Å². The summed E-state index contributed by atoms with van der Waals surface area (Å²) in [4.78, 5) is 11.5. The molecule has 0 bridgehead atoms. The van der Waals surface area contributed by atoms with E-state index in [1.54, 1.807) is 6.92 Å². The number of aliphatic hydroxyl groups excluding tert-OH is 1. The molecule has 32 heavy (non-hydrogen) atoms. The van der Waals surface area contributed by atoms with E-state index in [-0.39, 0.29) is 17.1 Å². The SMILES string of the molecule is CCOC(=O)/C=C/[C@@H](O)C[C@H](C)[C@H](CCCOCc1ccccc1)O[Si](C)(C)C(C)(C)C. The van der Waals surface area contributed by atoms with E-state index in [9.17, 15) is 9.90 Å². The maximum absolute atomic E-state index is 11.5. The van der Waals surface area contributed by atoms with E-state index in [4.69, 9.17) is 13.9 Å². The summed E-state index contributed by atoms with van der Waals surface area (Å²) in [6.07, 6.45) is 4.43. The minimum absolute atomic E-state index is 0.0295. The molecule has 0 fully saturated rings. The summed E-state index contributed by atoms with van der Waals surface area (Å²) in [5.74, 6) is -0.288. The summed E-state index contributed by atoms with van der Waals surface area (Å²) in [6, 6.07) is 10.2. The van der Waals surface area contributed by atoms with Gasteiger partial charge in [0.2, 0.25) is 0 Å². The number of hydrogen-bond acceptors (Lipinski definition) is 5. The van der Waals surface area contributed by atoms with Crippen LogP contribution >= 0.6 is 0 Å². The second-order valence-corrected chi connectivity index (χ2v) is 14.7. The van der Waals surface area contributed by atoms with Crippen LogP contribution in [0, 0.1) is 5.92 Å². The largest absolute Gasteiger partial charge is 0.463 e. The Bertz CT molecular complexity index is 681. The number of hydrogen-bond donors (Lipinski definition) is 1. The lowest BCUT2D eigenvalue weighted by atomic mass is 9.94. The molecular weight excluding hydrogens is 420 g/mol. The fourth-order valence-electron chi connectivity index (χ4n) is 3.16. The zero-order chi connectivity index (χ0) is 24.2. The molecule has 0 heterocycles. The normalized spacial score (nSPS) is 15.5. The van der Waals surface area contributed by atoms with Gasteiger partial charge >= 0.3 is 5.97 Å². The van der Waals surface area contributed by atoms with Gasteiger partial charge in [-0.05, 0) is 61.9 Å². The summed E-state index contributed by atoms with van der Waals surface area (Å²) in [7, 11) is -1.96. The van der Waals surface area contributed by atoms with E-state index in [1.807, 2.05) is 18.2 Å². The summed E-state index contributed by atoms with van der Waals surface area (Å²) >= 11 is 0. The van der Waals surface area contributed by atoms with Crippen LogP contribution in [-0.2, 0) is 25.3 Å². The van der Waals surface area contributed by atoms with Crippen LogP contribution in [0.25, 0.3) is 0 Å². The molecule has 0 saturated carbocycles. The van der Waals surface area contributed by atoms with Gasteiger partial charge in [-0.15, -0.1) is 0 Å². The van der Waals surface area contributed by atoms with Crippen LogP contribution in [0.4, 0.5) is 0 Å². The predicted molar refractivity (Wildman–Crippen MR) is 133 cm³/mol. The molecule has 1 aromatic rings. The van der Waals surface area contributed by atoms with Crippen molar-refractivity contribution in [3.63, 3.8) is 0 Å². The van der Waals surface area contributed by atoms with Gasteiger partial charge in [-0.2, -0.15) is 0 Å². The Morgan fingerprint density at radius 2 is 1.84 bits per heavy atom. The summed E-state index contributed by atoms with van der Waals surface area (Å²) in [6.45, 7) is 16.7. The fraction of sp³-hybridized carbons (Fsp3) is 0.654. The smallest absolute Gasteiger partial charge is 0.330 e. The lowest BCUT2D eigenvalue weighted by Gasteiger charge is -2.41. The molecular formula is C26H44O5Si. The molecule has 0 aromatic heterocycles. The molecule has 182 valence electrons. The van der Waals surface area contributed by atoms with E-state index in [0.29, 0.717) is 26.2 Å². The van der Waals surface area contributed by atoms with Crippen molar-refractivity contribution < 1.29 is 23.8 Å². The Labute approximate surface area is 196 Å². The topological polar surface area (TPSA) is 65.0 Å². The molecule has 0 aliphatic heterocycles. The molecule has 0 unspecified atom stereocenters. The Morgan fingerprint density at radius 3 is 2.44 bits per heavy atom. The third-order valence-corrected chi connectivity index (χ3v) is 10.6. The predicted octanol–water partition coefficient (Wildman–Crippen LogP) is 5.88. The number of carbonyl (C=O) groups excluding carboxylic acids is 1. The highest BCUT2D eigenvalue weighted by Crippen LogP contribution is 2.39. The number of aliphatic hydroxyl groups is 1. The van der Waals surface area contributed by atoms with Gasteiger partial charge in [0.05, 0.1) is 19.3 Å². The van der Waals surface area contributed by atoms with Crippen LogP contribution in [0.5, 0.6) is 0 Å². The number of rotatable bonds is 14. The zero-order valence-electron chi connectivity index (χ0n) is 21.1. The van der Waals surface area contributed by atoms with E-state index >= 15 is 0 Å². The van der Waals surface area contributed by atoms with Gasteiger partial charge in [-0.1, -0.05) is 58.0 Å². The lowest BCUT2D eigenvalue weighted by molar-refractivity contribution is -0.137. The first-order chi connectivity index (χ1) is 15.0. The minimum atomic E-state index is -1.96. The van der Waals surface area contributed by atoms with E-state index in [2.05, 4.69) is 52.9 Å². The van der Waals surface area contributed by atoms with Crippen molar-refractivity contribution in [2.45, 2.75) is 90.8 Å². The maximum Gasteiger partial charge on any atom is 0.330 e. The third kappa shape index (κ3) is 10.9. The second-order valence-electron chi connectivity index (χ2n) is 9.99. The minimum Gasteiger partial charge on any atom is -0.463 e. The lowest BCUT2D eigenvalue weighted by Crippen LogP contribution is -2.45. The summed E-state index contributed by atoms with van der Waals surface area (Å²) in [5, 5.41) is 10.5. The molecule has 1 N–H and O–H groups in total. The first-order valence-corrected chi connectivity index (χ1v) is 14.7. The molecule has 3 atom stereocenters. The molecule has 0 saturated heterocycles. The highest BCUT2D eigenvalue weighted by molar-refractivity contribution is 6.74. The number of benzene rings is 1.